The highest BCUT2D eigenvalue weighted by Gasteiger charge is 2.04. The van der Waals surface area contributed by atoms with Gasteiger partial charge in [0.25, 0.3) is 0 Å². The number of ether oxygens (including phenoxy) is 1. The Morgan fingerprint density at radius 2 is 2.20 bits per heavy atom. The summed E-state index contributed by atoms with van der Waals surface area (Å²) >= 11 is 6.08. The maximum atomic E-state index is 10.5. The van der Waals surface area contributed by atoms with Crippen LogP contribution in [0.25, 0.3) is 6.08 Å². The van der Waals surface area contributed by atoms with Crippen LogP contribution >= 0.6 is 11.6 Å². The van der Waals surface area contributed by atoms with Crippen LogP contribution in [0, 0.1) is 6.92 Å². The average Bonchev–Trinajstić information content (AvgIpc) is 2.40. The molecular formula is C15H12ClNO3. The predicted octanol–water partition coefficient (Wildman–Crippen LogP) is 3.93. The van der Waals surface area contributed by atoms with E-state index in [0.29, 0.717) is 22.1 Å². The largest absolute Gasteiger partial charge is 0.478 e. The summed E-state index contributed by atoms with van der Waals surface area (Å²) in [7, 11) is 0. The molecule has 20 heavy (non-hydrogen) atoms. The van der Waals surface area contributed by atoms with Crippen LogP contribution < -0.4 is 4.74 Å². The van der Waals surface area contributed by atoms with Crippen LogP contribution in [0.1, 0.15) is 11.3 Å². The molecule has 1 N–H and O–H groups in total. The molecule has 4 nitrogen and oxygen atoms in total. The van der Waals surface area contributed by atoms with Gasteiger partial charge in [-0.3, -0.25) is 4.98 Å². The number of aryl methyl sites for hydroxylation is 1. The Morgan fingerprint density at radius 3 is 2.85 bits per heavy atom. The summed E-state index contributed by atoms with van der Waals surface area (Å²) in [5, 5.41) is 9.00. The van der Waals surface area contributed by atoms with Crippen molar-refractivity contribution in [3.8, 4) is 11.5 Å². The SMILES string of the molecule is Cc1ncccc1Oc1ccc(/C=C/C(=O)O)c(Cl)c1. The van der Waals surface area contributed by atoms with E-state index in [1.807, 2.05) is 13.0 Å². The van der Waals surface area contributed by atoms with Gasteiger partial charge in [0.15, 0.2) is 0 Å². The monoisotopic (exact) mass is 289 g/mol. The van der Waals surface area contributed by atoms with Crippen molar-refractivity contribution in [3.05, 3.63) is 58.9 Å². The normalized spacial score (nSPS) is 10.7. The molecule has 2 aromatic rings. The minimum absolute atomic E-state index is 0.418. The lowest BCUT2D eigenvalue weighted by Gasteiger charge is -2.08. The maximum Gasteiger partial charge on any atom is 0.328 e. The third-order valence-electron chi connectivity index (χ3n) is 2.56. The molecule has 0 saturated heterocycles. The van der Waals surface area contributed by atoms with Gasteiger partial charge in [0.05, 0.1) is 10.7 Å². The van der Waals surface area contributed by atoms with E-state index in [4.69, 9.17) is 21.4 Å². The van der Waals surface area contributed by atoms with Gasteiger partial charge in [-0.2, -0.15) is 0 Å². The van der Waals surface area contributed by atoms with E-state index < -0.39 is 5.97 Å². The Kier molecular flexibility index (Phi) is 4.38. The van der Waals surface area contributed by atoms with Crippen molar-refractivity contribution in [2.75, 3.05) is 0 Å². The van der Waals surface area contributed by atoms with Gasteiger partial charge in [-0.25, -0.2) is 4.79 Å². The van der Waals surface area contributed by atoms with Gasteiger partial charge in [-0.1, -0.05) is 11.6 Å². The molecule has 1 aromatic carbocycles. The van der Waals surface area contributed by atoms with Gasteiger partial charge in [0.2, 0.25) is 0 Å². The summed E-state index contributed by atoms with van der Waals surface area (Å²) < 4.78 is 5.68. The lowest BCUT2D eigenvalue weighted by molar-refractivity contribution is -0.131. The minimum Gasteiger partial charge on any atom is -0.478 e. The molecule has 0 aliphatic carbocycles. The van der Waals surface area contributed by atoms with Gasteiger partial charge in [-0.05, 0) is 48.9 Å². The van der Waals surface area contributed by atoms with E-state index in [9.17, 15) is 4.79 Å². The van der Waals surface area contributed by atoms with E-state index in [1.165, 1.54) is 6.08 Å². The molecule has 0 aliphatic rings. The number of halogens is 1. The number of rotatable bonds is 4. The standard InChI is InChI=1S/C15H12ClNO3/c1-10-14(3-2-8-17-10)20-12-6-4-11(13(16)9-12)5-7-15(18)19/h2-9H,1H3,(H,18,19)/b7-5+. The average molecular weight is 290 g/mol. The molecule has 0 amide bonds. The van der Waals surface area contributed by atoms with E-state index in [-0.39, 0.29) is 0 Å². The fraction of sp³-hybridized carbons (Fsp3) is 0.0667. The Morgan fingerprint density at radius 1 is 1.40 bits per heavy atom. The van der Waals surface area contributed by atoms with E-state index in [2.05, 4.69) is 4.98 Å². The Labute approximate surface area is 121 Å². The molecule has 0 saturated carbocycles. The van der Waals surface area contributed by atoms with Crippen molar-refractivity contribution in [1.82, 2.24) is 4.98 Å². The van der Waals surface area contributed by atoms with Crippen LogP contribution in [0.3, 0.4) is 0 Å². The molecule has 0 radical (unpaired) electrons. The second-order valence-electron chi connectivity index (χ2n) is 4.04. The van der Waals surface area contributed by atoms with Crippen molar-refractivity contribution < 1.29 is 14.6 Å². The fourth-order valence-electron chi connectivity index (χ4n) is 1.57. The zero-order valence-corrected chi connectivity index (χ0v) is 11.5. The summed E-state index contributed by atoms with van der Waals surface area (Å²) in [5.41, 5.74) is 1.39. The van der Waals surface area contributed by atoms with Crippen LogP contribution in [0.5, 0.6) is 11.5 Å². The highest BCUT2D eigenvalue weighted by molar-refractivity contribution is 6.32. The molecule has 102 valence electrons. The third-order valence-corrected chi connectivity index (χ3v) is 2.89. The Balaban J connectivity index is 2.21. The van der Waals surface area contributed by atoms with E-state index in [1.54, 1.807) is 30.5 Å². The number of carboxylic acid groups (broad SMARTS) is 1. The lowest BCUT2D eigenvalue weighted by Crippen LogP contribution is -1.90. The summed E-state index contributed by atoms with van der Waals surface area (Å²) in [6, 6.07) is 8.65. The molecule has 0 atom stereocenters. The molecule has 0 unspecified atom stereocenters. The Hall–Kier alpha value is -2.33. The van der Waals surface area contributed by atoms with Crippen molar-refractivity contribution in [1.29, 1.82) is 0 Å². The number of carbonyl (C=O) groups is 1. The topological polar surface area (TPSA) is 59.4 Å². The molecule has 2 rings (SSSR count). The first-order chi connectivity index (χ1) is 9.56. The molecule has 1 heterocycles. The van der Waals surface area contributed by atoms with Crippen LogP contribution in [-0.4, -0.2) is 16.1 Å². The number of nitrogens with zero attached hydrogens (tertiary/aromatic N) is 1. The van der Waals surface area contributed by atoms with Gasteiger partial charge >= 0.3 is 5.97 Å². The molecule has 5 heteroatoms. The van der Waals surface area contributed by atoms with Gasteiger partial charge in [0.1, 0.15) is 11.5 Å². The maximum absolute atomic E-state index is 10.5. The van der Waals surface area contributed by atoms with Crippen LogP contribution in [0.2, 0.25) is 5.02 Å². The Bertz CT molecular complexity index is 668. The van der Waals surface area contributed by atoms with Crippen molar-refractivity contribution in [2.45, 2.75) is 6.92 Å². The van der Waals surface area contributed by atoms with Crippen LogP contribution in [0.15, 0.2) is 42.6 Å². The van der Waals surface area contributed by atoms with Crippen LogP contribution in [0.4, 0.5) is 0 Å². The summed E-state index contributed by atoms with van der Waals surface area (Å²) in [6.07, 6.45) is 4.16. The highest BCUT2D eigenvalue weighted by Crippen LogP contribution is 2.28. The number of aromatic nitrogens is 1. The first-order valence-corrected chi connectivity index (χ1v) is 6.24. The molecule has 0 aliphatic heterocycles. The van der Waals surface area contributed by atoms with Gasteiger partial charge in [0, 0.05) is 12.3 Å². The molecule has 1 aromatic heterocycles. The zero-order chi connectivity index (χ0) is 14.5. The number of hydrogen-bond acceptors (Lipinski definition) is 3. The van der Waals surface area contributed by atoms with Crippen molar-refractivity contribution in [3.63, 3.8) is 0 Å². The molecule has 0 bridgehead atoms. The number of aliphatic carboxylic acids is 1. The third kappa shape index (κ3) is 3.59. The number of pyridine rings is 1. The number of hydrogen-bond donors (Lipinski definition) is 1. The molecule has 0 spiro atoms. The first-order valence-electron chi connectivity index (χ1n) is 5.86. The molecular weight excluding hydrogens is 278 g/mol. The number of benzene rings is 1. The summed E-state index contributed by atoms with van der Waals surface area (Å²) in [5.74, 6) is 0.198. The van der Waals surface area contributed by atoms with E-state index >= 15 is 0 Å². The zero-order valence-electron chi connectivity index (χ0n) is 10.7. The molecule has 0 fully saturated rings. The predicted molar refractivity (Wildman–Crippen MR) is 77.2 cm³/mol. The fourth-order valence-corrected chi connectivity index (χ4v) is 1.81. The number of carboxylic acids is 1. The van der Waals surface area contributed by atoms with Gasteiger partial charge in [-0.15, -0.1) is 0 Å². The summed E-state index contributed by atoms with van der Waals surface area (Å²) in [4.78, 5) is 14.6. The van der Waals surface area contributed by atoms with Crippen LogP contribution in [-0.2, 0) is 4.79 Å². The minimum atomic E-state index is -1.02. The smallest absolute Gasteiger partial charge is 0.328 e. The first kappa shape index (κ1) is 14.1. The van der Waals surface area contributed by atoms with Crippen molar-refractivity contribution in [2.24, 2.45) is 0 Å². The van der Waals surface area contributed by atoms with Gasteiger partial charge < -0.3 is 9.84 Å². The quantitative estimate of drug-likeness (QED) is 0.866. The highest BCUT2D eigenvalue weighted by atomic mass is 35.5. The lowest BCUT2D eigenvalue weighted by atomic mass is 10.2. The second-order valence-corrected chi connectivity index (χ2v) is 4.45. The summed E-state index contributed by atoms with van der Waals surface area (Å²) in [6.45, 7) is 1.85. The van der Waals surface area contributed by atoms with Crippen molar-refractivity contribution >= 4 is 23.6 Å². The second kappa shape index (κ2) is 6.21. The van der Waals surface area contributed by atoms with E-state index in [0.717, 1.165) is 11.8 Å².